The lowest BCUT2D eigenvalue weighted by molar-refractivity contribution is -0.116. The van der Waals surface area contributed by atoms with Crippen LogP contribution in [-0.2, 0) is 17.9 Å². The number of nitrogens with one attached hydrogen (secondary N) is 2. The lowest BCUT2D eigenvalue weighted by Crippen LogP contribution is -2.33. The van der Waals surface area contributed by atoms with Crippen molar-refractivity contribution in [2.45, 2.75) is 33.0 Å². The van der Waals surface area contributed by atoms with Crippen LogP contribution in [0, 0.1) is 17.7 Å². The summed E-state index contributed by atoms with van der Waals surface area (Å²) in [4.78, 5) is 51.6. The number of fused-ring (bicyclic) bond motifs is 1. The van der Waals surface area contributed by atoms with Crippen LogP contribution in [0.25, 0.3) is 0 Å². The monoisotopic (exact) mass is 565 g/mol. The topological polar surface area (TPSA) is 131 Å². The third kappa shape index (κ3) is 6.00. The molecule has 0 aliphatic carbocycles. The second-order valence-corrected chi connectivity index (χ2v) is 9.29. The minimum Gasteiger partial charge on any atom is -0.457 e. The van der Waals surface area contributed by atoms with Crippen LogP contribution in [0.5, 0.6) is 11.5 Å². The van der Waals surface area contributed by atoms with Gasteiger partial charge in [-0.1, -0.05) is 0 Å². The number of rotatable bonds is 8. The number of halogens is 3. The Morgan fingerprint density at radius 1 is 1.00 bits per heavy atom. The molecule has 4 heterocycles. The van der Waals surface area contributed by atoms with Gasteiger partial charge in [-0.3, -0.25) is 19.0 Å². The Bertz CT molecular complexity index is 1670. The number of carbonyl (C=O) groups is 2. The maximum Gasteiger partial charge on any atom is 0.280 e. The third-order valence-electron chi connectivity index (χ3n) is 6.07. The lowest BCUT2D eigenvalue weighted by Gasteiger charge is -2.20. The maximum absolute atomic E-state index is 13.4. The molecule has 2 amide bonds. The van der Waals surface area contributed by atoms with Gasteiger partial charge in [0.05, 0.1) is 18.3 Å². The molecule has 1 aromatic carbocycles. The smallest absolute Gasteiger partial charge is 0.280 e. The van der Waals surface area contributed by atoms with Gasteiger partial charge in [0.2, 0.25) is 23.8 Å². The van der Waals surface area contributed by atoms with Gasteiger partial charge in [0.1, 0.15) is 35.4 Å². The quantitative estimate of drug-likeness (QED) is 0.307. The van der Waals surface area contributed by atoms with Crippen molar-refractivity contribution in [2.75, 3.05) is 10.6 Å². The minimum absolute atomic E-state index is 0.0186. The molecule has 210 valence electrons. The standard InChI is InChI=1S/C27H22F3N7O4/c1-14(2)36-12-19-24(26(36)40)37(13-23(38)34-22-8-3-15(28)11-31-22)27(35-25(19)39)32-16-4-6-17(7-5-16)41-18-9-20(29)33-21(30)10-18/h3-11,14H,12-13H2,1-2H3,(H,31,34,38)(H,32,35,39). The van der Waals surface area contributed by atoms with Crippen LogP contribution in [0.2, 0.25) is 0 Å². The summed E-state index contributed by atoms with van der Waals surface area (Å²) in [6.07, 6.45) is 0.945. The molecule has 5 rings (SSSR count). The number of amides is 2. The molecule has 0 bridgehead atoms. The Balaban J connectivity index is 1.44. The molecule has 0 radical (unpaired) electrons. The van der Waals surface area contributed by atoms with Crippen molar-refractivity contribution in [1.82, 2.24) is 24.4 Å². The zero-order valence-electron chi connectivity index (χ0n) is 21.7. The van der Waals surface area contributed by atoms with E-state index in [1.165, 1.54) is 39.8 Å². The predicted octanol–water partition coefficient (Wildman–Crippen LogP) is 3.99. The van der Waals surface area contributed by atoms with Gasteiger partial charge in [-0.05, 0) is 50.2 Å². The van der Waals surface area contributed by atoms with Gasteiger partial charge >= 0.3 is 0 Å². The van der Waals surface area contributed by atoms with E-state index in [1.54, 1.807) is 13.8 Å². The first-order valence-corrected chi connectivity index (χ1v) is 12.3. The van der Waals surface area contributed by atoms with Crippen molar-refractivity contribution in [1.29, 1.82) is 0 Å². The van der Waals surface area contributed by atoms with E-state index in [4.69, 9.17) is 4.74 Å². The van der Waals surface area contributed by atoms with Gasteiger partial charge in [-0.25, -0.2) is 9.37 Å². The molecule has 0 spiro atoms. The molecule has 0 saturated carbocycles. The molecule has 41 heavy (non-hydrogen) atoms. The zero-order valence-corrected chi connectivity index (χ0v) is 21.7. The number of nitrogens with zero attached hydrogens (tertiary/aromatic N) is 5. The van der Waals surface area contributed by atoms with Crippen LogP contribution in [0.4, 0.5) is 30.6 Å². The number of ether oxygens (including phenoxy) is 1. The van der Waals surface area contributed by atoms with Crippen LogP contribution in [0.15, 0.2) is 59.5 Å². The number of pyridine rings is 2. The molecule has 1 aliphatic rings. The van der Waals surface area contributed by atoms with Crippen molar-refractivity contribution in [2.24, 2.45) is 0 Å². The van der Waals surface area contributed by atoms with Crippen molar-refractivity contribution >= 4 is 29.3 Å². The van der Waals surface area contributed by atoms with Crippen LogP contribution < -0.4 is 20.9 Å². The Kier molecular flexibility index (Phi) is 7.38. The van der Waals surface area contributed by atoms with Gasteiger partial charge in [0.15, 0.2) is 0 Å². The molecule has 0 atom stereocenters. The van der Waals surface area contributed by atoms with E-state index in [2.05, 4.69) is 25.6 Å². The van der Waals surface area contributed by atoms with Gasteiger partial charge in [0, 0.05) is 23.9 Å². The number of aromatic nitrogens is 4. The highest BCUT2D eigenvalue weighted by molar-refractivity contribution is 5.98. The molecular weight excluding hydrogens is 543 g/mol. The van der Waals surface area contributed by atoms with E-state index >= 15 is 0 Å². The fourth-order valence-electron chi connectivity index (χ4n) is 4.17. The van der Waals surface area contributed by atoms with E-state index < -0.39 is 41.6 Å². The Morgan fingerprint density at radius 2 is 1.71 bits per heavy atom. The van der Waals surface area contributed by atoms with Crippen molar-refractivity contribution in [3.05, 3.63) is 94.1 Å². The highest BCUT2D eigenvalue weighted by atomic mass is 19.1. The van der Waals surface area contributed by atoms with E-state index in [9.17, 15) is 27.6 Å². The predicted molar refractivity (Wildman–Crippen MR) is 140 cm³/mol. The molecule has 2 N–H and O–H groups in total. The molecule has 11 nitrogen and oxygen atoms in total. The summed E-state index contributed by atoms with van der Waals surface area (Å²) in [5, 5.41) is 5.48. The summed E-state index contributed by atoms with van der Waals surface area (Å²) in [5.41, 5.74) is -0.0537. The van der Waals surface area contributed by atoms with Crippen LogP contribution in [-0.4, -0.2) is 42.3 Å². The largest absolute Gasteiger partial charge is 0.457 e. The summed E-state index contributed by atoms with van der Waals surface area (Å²) >= 11 is 0. The van der Waals surface area contributed by atoms with Crippen LogP contribution in [0.3, 0.4) is 0 Å². The molecule has 0 unspecified atom stereocenters. The minimum atomic E-state index is -1.04. The highest BCUT2D eigenvalue weighted by Crippen LogP contribution is 2.28. The first-order chi connectivity index (χ1) is 19.6. The molecule has 3 aromatic heterocycles. The number of hydrogen-bond donors (Lipinski definition) is 2. The fourth-order valence-corrected chi connectivity index (χ4v) is 4.17. The number of benzene rings is 1. The van der Waals surface area contributed by atoms with Gasteiger partial charge in [-0.15, -0.1) is 0 Å². The van der Waals surface area contributed by atoms with Crippen LogP contribution in [0.1, 0.15) is 29.9 Å². The first-order valence-electron chi connectivity index (χ1n) is 12.3. The summed E-state index contributed by atoms with van der Waals surface area (Å²) in [5.74, 6) is -3.53. The second-order valence-electron chi connectivity index (χ2n) is 9.29. The summed E-state index contributed by atoms with van der Waals surface area (Å²) < 4.78 is 46.7. The molecule has 1 aliphatic heterocycles. The average molecular weight is 566 g/mol. The van der Waals surface area contributed by atoms with E-state index in [-0.39, 0.29) is 47.1 Å². The maximum atomic E-state index is 13.4. The molecular formula is C27H22F3N7O4. The molecule has 14 heteroatoms. The van der Waals surface area contributed by atoms with Gasteiger partial charge in [-0.2, -0.15) is 18.7 Å². The van der Waals surface area contributed by atoms with Crippen LogP contribution >= 0.6 is 0 Å². The van der Waals surface area contributed by atoms with E-state index in [0.29, 0.717) is 5.69 Å². The Morgan fingerprint density at radius 3 is 2.34 bits per heavy atom. The lowest BCUT2D eigenvalue weighted by atomic mass is 10.2. The number of carbonyl (C=O) groups excluding carboxylic acids is 2. The number of anilines is 3. The third-order valence-corrected chi connectivity index (χ3v) is 6.07. The van der Waals surface area contributed by atoms with E-state index in [1.807, 2.05) is 0 Å². The second kappa shape index (κ2) is 11.1. The normalized spacial score (nSPS) is 12.4. The molecule has 0 fully saturated rings. The zero-order chi connectivity index (χ0) is 29.3. The van der Waals surface area contributed by atoms with Crippen molar-refractivity contribution in [3.63, 3.8) is 0 Å². The Hall–Kier alpha value is -5.27. The average Bonchev–Trinajstić information content (AvgIpc) is 3.26. The Labute approximate surface area is 230 Å². The van der Waals surface area contributed by atoms with Crippen molar-refractivity contribution < 1.29 is 27.5 Å². The SMILES string of the molecule is CC(C)N1Cc2c(n(CC(=O)Nc3ccc(F)cn3)c(Nc3ccc(Oc4cc(F)nc(F)c4)cc3)nc2=O)C1=O. The van der Waals surface area contributed by atoms with Gasteiger partial charge < -0.3 is 20.3 Å². The summed E-state index contributed by atoms with van der Waals surface area (Å²) in [7, 11) is 0. The fraction of sp³-hybridized carbons (Fsp3) is 0.185. The number of hydrogen-bond acceptors (Lipinski definition) is 8. The van der Waals surface area contributed by atoms with Crippen molar-refractivity contribution in [3.8, 4) is 11.5 Å². The first kappa shape index (κ1) is 27.3. The van der Waals surface area contributed by atoms with E-state index in [0.717, 1.165) is 24.4 Å². The summed E-state index contributed by atoms with van der Waals surface area (Å²) in [6, 6.07) is 10.1. The summed E-state index contributed by atoms with van der Waals surface area (Å²) in [6.45, 7) is 3.23. The molecule has 4 aromatic rings. The molecule has 0 saturated heterocycles. The van der Waals surface area contributed by atoms with Gasteiger partial charge in [0.25, 0.3) is 11.5 Å². The highest BCUT2D eigenvalue weighted by Gasteiger charge is 2.36.